The zero-order chi connectivity index (χ0) is 22.0. The van der Waals surface area contributed by atoms with Gasteiger partial charge in [0.05, 0.1) is 0 Å². The van der Waals surface area contributed by atoms with Gasteiger partial charge in [0.25, 0.3) is 0 Å². The molecular weight excluding hydrogens is 381 g/mol. The number of halogens is 3. The van der Waals surface area contributed by atoms with E-state index in [1.807, 2.05) is 12.4 Å². The zero-order valence-electron chi connectivity index (χ0n) is 18.1. The molecule has 1 heterocycles. The molecule has 0 fully saturated rings. The van der Waals surface area contributed by atoms with E-state index in [4.69, 9.17) is 9.90 Å². The second-order valence-electron chi connectivity index (χ2n) is 7.60. The van der Waals surface area contributed by atoms with E-state index >= 15 is 0 Å². The van der Waals surface area contributed by atoms with Crippen LogP contribution in [0.5, 0.6) is 0 Å². The molecule has 0 saturated carbocycles. The molecule has 0 spiro atoms. The number of carboxylic acids is 1. The Balaban J connectivity index is 0.000000956. The summed E-state index contributed by atoms with van der Waals surface area (Å²) >= 11 is 0. The van der Waals surface area contributed by atoms with Crippen LogP contribution in [-0.4, -0.2) is 26.8 Å². The predicted molar refractivity (Wildman–Crippen MR) is 111 cm³/mol. The van der Waals surface area contributed by atoms with E-state index in [-0.39, 0.29) is 0 Å². The molecule has 7 heteroatoms. The number of rotatable bonds is 15. The molecule has 0 saturated heterocycles. The summed E-state index contributed by atoms with van der Waals surface area (Å²) in [6.07, 6.45) is 19.9. The number of carboxylic acid groups (broad SMARTS) is 1. The summed E-state index contributed by atoms with van der Waals surface area (Å²) in [6, 6.07) is 0. The van der Waals surface area contributed by atoms with E-state index < -0.39 is 12.1 Å². The Labute approximate surface area is 173 Å². The van der Waals surface area contributed by atoms with E-state index in [0.29, 0.717) is 0 Å². The monoisotopic (exact) mass is 420 g/mol. The van der Waals surface area contributed by atoms with Gasteiger partial charge in [-0.1, -0.05) is 90.4 Å². The Bertz CT molecular complexity index is 516. The Morgan fingerprint density at radius 1 is 0.897 bits per heavy atom. The number of aliphatic carboxylic acids is 1. The first-order valence-corrected chi connectivity index (χ1v) is 11.0. The van der Waals surface area contributed by atoms with Gasteiger partial charge < -0.3 is 9.67 Å². The zero-order valence-corrected chi connectivity index (χ0v) is 18.1. The first kappa shape index (κ1) is 27.5. The van der Waals surface area contributed by atoms with Crippen LogP contribution in [0.3, 0.4) is 0 Å². The maximum atomic E-state index is 10.6. The number of carbonyl (C=O) groups is 1. The number of aryl methyl sites for hydroxylation is 2. The van der Waals surface area contributed by atoms with E-state index in [1.54, 1.807) is 0 Å². The van der Waals surface area contributed by atoms with Crippen molar-refractivity contribution in [1.82, 2.24) is 9.55 Å². The van der Waals surface area contributed by atoms with Crippen LogP contribution in [0.1, 0.15) is 103 Å². The van der Waals surface area contributed by atoms with Crippen LogP contribution in [0.4, 0.5) is 13.2 Å². The van der Waals surface area contributed by atoms with Gasteiger partial charge in [0.2, 0.25) is 0 Å². The Kier molecular flexibility index (Phi) is 16.4. The Morgan fingerprint density at radius 3 is 1.59 bits per heavy atom. The van der Waals surface area contributed by atoms with Crippen LogP contribution in [-0.2, 0) is 18.3 Å². The molecule has 0 aliphatic rings. The van der Waals surface area contributed by atoms with E-state index in [9.17, 15) is 13.2 Å². The van der Waals surface area contributed by atoms with Crippen molar-refractivity contribution in [3.63, 3.8) is 0 Å². The lowest BCUT2D eigenvalue weighted by molar-refractivity contribution is -0.192. The van der Waals surface area contributed by atoms with Gasteiger partial charge in [0.15, 0.2) is 0 Å². The number of aromatic nitrogens is 2. The van der Waals surface area contributed by atoms with E-state index in [1.165, 1.54) is 95.7 Å². The molecule has 0 bridgehead atoms. The summed E-state index contributed by atoms with van der Waals surface area (Å²) < 4.78 is 33.9. The van der Waals surface area contributed by atoms with Crippen LogP contribution >= 0.6 is 0 Å². The second kappa shape index (κ2) is 17.3. The molecular formula is C22H39F3N2O2. The highest BCUT2D eigenvalue weighted by molar-refractivity contribution is 5.73. The summed E-state index contributed by atoms with van der Waals surface area (Å²) in [4.78, 5) is 13.3. The number of hydrogen-bond acceptors (Lipinski definition) is 2. The fourth-order valence-corrected chi connectivity index (χ4v) is 3.12. The molecule has 170 valence electrons. The minimum atomic E-state index is -5.08. The lowest BCUT2D eigenvalue weighted by Crippen LogP contribution is -2.21. The highest BCUT2D eigenvalue weighted by Crippen LogP contribution is 2.14. The molecule has 0 atom stereocenters. The first-order valence-electron chi connectivity index (χ1n) is 11.0. The minimum Gasteiger partial charge on any atom is -0.475 e. The highest BCUT2D eigenvalue weighted by Gasteiger charge is 2.38. The topological polar surface area (TPSA) is 55.1 Å². The smallest absolute Gasteiger partial charge is 0.475 e. The maximum absolute atomic E-state index is 10.6. The third-order valence-corrected chi connectivity index (χ3v) is 4.92. The van der Waals surface area contributed by atoms with Gasteiger partial charge in [-0.3, -0.25) is 0 Å². The lowest BCUT2D eigenvalue weighted by atomic mass is 10.0. The highest BCUT2D eigenvalue weighted by atomic mass is 19.4. The molecule has 29 heavy (non-hydrogen) atoms. The largest absolute Gasteiger partial charge is 0.490 e. The second-order valence-corrected chi connectivity index (χ2v) is 7.60. The standard InChI is InChI=1S/C20H38N2.C2HF3O2/c1-3-4-5-6-7-8-9-10-11-12-13-14-15-16-17-20-21-18-19-22(20)2;3-2(4,5)1(6)7/h18-19H,3-17H2,1-2H3;(H,6,7). The molecule has 0 aliphatic heterocycles. The van der Waals surface area contributed by atoms with Crippen LogP contribution < -0.4 is 0 Å². The molecule has 4 nitrogen and oxygen atoms in total. The average molecular weight is 421 g/mol. The minimum absolute atomic E-state index is 1.14. The summed E-state index contributed by atoms with van der Waals surface area (Å²) in [7, 11) is 2.09. The van der Waals surface area contributed by atoms with Crippen molar-refractivity contribution in [3.05, 3.63) is 18.2 Å². The molecule has 1 aromatic rings. The average Bonchev–Trinajstić information content (AvgIpc) is 3.06. The van der Waals surface area contributed by atoms with Crippen molar-refractivity contribution < 1.29 is 23.1 Å². The predicted octanol–water partition coefficient (Wildman–Crippen LogP) is 7.08. The molecule has 1 aromatic heterocycles. The van der Waals surface area contributed by atoms with Crippen molar-refractivity contribution in [1.29, 1.82) is 0 Å². The van der Waals surface area contributed by atoms with Gasteiger partial charge in [0.1, 0.15) is 5.82 Å². The molecule has 0 radical (unpaired) electrons. The van der Waals surface area contributed by atoms with E-state index in [0.717, 1.165) is 6.42 Å². The fourth-order valence-electron chi connectivity index (χ4n) is 3.12. The molecule has 0 aromatic carbocycles. The Morgan fingerprint density at radius 2 is 1.28 bits per heavy atom. The van der Waals surface area contributed by atoms with Crippen molar-refractivity contribution in [2.24, 2.45) is 7.05 Å². The number of unbranched alkanes of at least 4 members (excludes halogenated alkanes) is 13. The summed E-state index contributed by atoms with van der Waals surface area (Å²) in [5.41, 5.74) is 0. The molecule has 1 rings (SSSR count). The van der Waals surface area contributed by atoms with Crippen LogP contribution in [0.25, 0.3) is 0 Å². The van der Waals surface area contributed by atoms with Gasteiger partial charge in [-0.25, -0.2) is 9.78 Å². The number of imidazole rings is 1. The van der Waals surface area contributed by atoms with Crippen LogP contribution in [0, 0.1) is 0 Å². The molecule has 1 N–H and O–H groups in total. The summed E-state index contributed by atoms with van der Waals surface area (Å²) in [5, 5.41) is 7.12. The third-order valence-electron chi connectivity index (χ3n) is 4.92. The SMILES string of the molecule is CCCCCCCCCCCCCCCCc1nccn1C.O=C(O)C(F)(F)F. The van der Waals surface area contributed by atoms with Crippen LogP contribution in [0.15, 0.2) is 12.4 Å². The van der Waals surface area contributed by atoms with Gasteiger partial charge in [-0.2, -0.15) is 13.2 Å². The van der Waals surface area contributed by atoms with Crippen molar-refractivity contribution >= 4 is 5.97 Å². The normalized spacial score (nSPS) is 11.2. The quantitative estimate of drug-likeness (QED) is 0.309. The fraction of sp³-hybridized carbons (Fsp3) is 0.818. The van der Waals surface area contributed by atoms with Gasteiger partial charge in [-0.05, 0) is 6.42 Å². The van der Waals surface area contributed by atoms with Gasteiger partial charge in [-0.15, -0.1) is 0 Å². The Hall–Kier alpha value is -1.53. The van der Waals surface area contributed by atoms with Crippen LogP contribution in [0.2, 0.25) is 0 Å². The molecule has 0 unspecified atom stereocenters. The van der Waals surface area contributed by atoms with Gasteiger partial charge in [0, 0.05) is 25.9 Å². The number of nitrogens with zero attached hydrogens (tertiary/aromatic N) is 2. The summed E-state index contributed by atoms with van der Waals surface area (Å²) in [5.74, 6) is -1.52. The van der Waals surface area contributed by atoms with Crippen molar-refractivity contribution in [3.8, 4) is 0 Å². The maximum Gasteiger partial charge on any atom is 0.490 e. The molecule has 0 aliphatic carbocycles. The van der Waals surface area contributed by atoms with Crippen molar-refractivity contribution in [2.45, 2.75) is 109 Å². The number of hydrogen-bond donors (Lipinski definition) is 1. The summed E-state index contributed by atoms with van der Waals surface area (Å²) in [6.45, 7) is 2.29. The lowest BCUT2D eigenvalue weighted by Gasteiger charge is -2.04. The third kappa shape index (κ3) is 17.1. The molecule has 0 amide bonds. The number of alkyl halides is 3. The van der Waals surface area contributed by atoms with Gasteiger partial charge >= 0.3 is 12.1 Å². The van der Waals surface area contributed by atoms with E-state index in [2.05, 4.69) is 23.5 Å². The van der Waals surface area contributed by atoms with Crippen molar-refractivity contribution in [2.75, 3.05) is 0 Å². The first-order chi connectivity index (χ1) is 13.8.